The van der Waals surface area contributed by atoms with Crippen LogP contribution >= 0.6 is 0 Å². The monoisotopic (exact) mass is 422 g/mol. The number of ether oxygens (including phenoxy) is 1. The number of nitrogens with zero attached hydrogens (tertiary/aromatic N) is 2. The van der Waals surface area contributed by atoms with Crippen LogP contribution < -0.4 is 15.4 Å². The van der Waals surface area contributed by atoms with E-state index in [0.717, 1.165) is 37.6 Å². The number of hydrogen-bond donors (Lipinski definition) is 2. The average molecular weight is 423 g/mol. The van der Waals surface area contributed by atoms with Crippen molar-refractivity contribution in [1.29, 1.82) is 0 Å². The summed E-state index contributed by atoms with van der Waals surface area (Å²) in [7, 11) is 3.47. The summed E-state index contributed by atoms with van der Waals surface area (Å²) in [5, 5.41) is 6.82. The van der Waals surface area contributed by atoms with Crippen LogP contribution in [0.25, 0.3) is 0 Å². The molecule has 6 heteroatoms. The Morgan fingerprint density at radius 2 is 1.87 bits per heavy atom. The van der Waals surface area contributed by atoms with Gasteiger partial charge in [0.25, 0.3) is 0 Å². The zero-order valence-corrected chi connectivity index (χ0v) is 18.9. The smallest absolute Gasteiger partial charge is 0.222 e. The zero-order valence-electron chi connectivity index (χ0n) is 18.9. The maximum Gasteiger partial charge on any atom is 0.222 e. The standard InChI is InChI=1S/C25H34N4O2/c1-19(20-10-12-23(31-3)13-11-20)14-15-27-25(26-2)28-17-21-7-4-5-8-22(21)18-29-16-6-9-24(29)30/h4-5,7-8,10-13,19H,6,9,14-18H2,1-3H3,(H2,26,27,28). The molecule has 166 valence electrons. The third kappa shape index (κ3) is 6.48. The number of amides is 1. The molecule has 1 aliphatic heterocycles. The molecule has 0 aliphatic carbocycles. The van der Waals surface area contributed by atoms with Crippen molar-refractivity contribution in [2.45, 2.75) is 45.2 Å². The molecule has 0 radical (unpaired) electrons. The second-order valence-corrected chi connectivity index (χ2v) is 8.00. The van der Waals surface area contributed by atoms with Crippen molar-refractivity contribution in [3.05, 3.63) is 65.2 Å². The molecule has 0 spiro atoms. The van der Waals surface area contributed by atoms with E-state index in [0.29, 0.717) is 25.4 Å². The van der Waals surface area contributed by atoms with Gasteiger partial charge in [-0.15, -0.1) is 0 Å². The van der Waals surface area contributed by atoms with Crippen molar-refractivity contribution < 1.29 is 9.53 Å². The number of carbonyl (C=O) groups is 1. The molecule has 1 saturated heterocycles. The Labute approximate surface area is 185 Å². The third-order valence-corrected chi connectivity index (χ3v) is 5.88. The summed E-state index contributed by atoms with van der Waals surface area (Å²) in [4.78, 5) is 18.3. The lowest BCUT2D eigenvalue weighted by atomic mass is 9.98. The van der Waals surface area contributed by atoms with Crippen LogP contribution in [0.4, 0.5) is 0 Å². The molecule has 1 amide bonds. The molecule has 0 bridgehead atoms. The predicted molar refractivity (Wildman–Crippen MR) is 125 cm³/mol. The van der Waals surface area contributed by atoms with E-state index in [1.54, 1.807) is 14.2 Å². The van der Waals surface area contributed by atoms with Crippen LogP contribution in [0.1, 0.15) is 48.8 Å². The average Bonchev–Trinajstić information content (AvgIpc) is 3.21. The van der Waals surface area contributed by atoms with Gasteiger partial charge in [-0.2, -0.15) is 0 Å². The van der Waals surface area contributed by atoms with Crippen molar-refractivity contribution in [2.24, 2.45) is 4.99 Å². The molecular weight excluding hydrogens is 388 g/mol. The minimum Gasteiger partial charge on any atom is -0.497 e. The highest BCUT2D eigenvalue weighted by Crippen LogP contribution is 2.21. The highest BCUT2D eigenvalue weighted by Gasteiger charge is 2.20. The fraction of sp³-hybridized carbons (Fsp3) is 0.440. The van der Waals surface area contributed by atoms with Crippen LogP contribution in [-0.4, -0.2) is 44.0 Å². The molecule has 1 heterocycles. The quantitative estimate of drug-likeness (QED) is 0.478. The molecule has 31 heavy (non-hydrogen) atoms. The van der Waals surface area contributed by atoms with Gasteiger partial charge in [0.2, 0.25) is 5.91 Å². The Kier molecular flexibility index (Phi) is 8.33. The number of rotatable bonds is 9. The van der Waals surface area contributed by atoms with E-state index < -0.39 is 0 Å². The highest BCUT2D eigenvalue weighted by molar-refractivity contribution is 5.79. The minimum absolute atomic E-state index is 0.256. The van der Waals surface area contributed by atoms with Crippen molar-refractivity contribution in [2.75, 3.05) is 27.2 Å². The van der Waals surface area contributed by atoms with Gasteiger partial charge in [-0.25, -0.2) is 0 Å². The van der Waals surface area contributed by atoms with Crippen LogP contribution in [0.2, 0.25) is 0 Å². The number of methoxy groups -OCH3 is 1. The SMILES string of the molecule is CN=C(NCCC(C)c1ccc(OC)cc1)NCc1ccccc1CN1CCCC1=O. The Balaban J connectivity index is 1.47. The maximum atomic E-state index is 12.0. The van der Waals surface area contributed by atoms with Crippen molar-refractivity contribution in [3.8, 4) is 5.75 Å². The van der Waals surface area contributed by atoms with Crippen LogP contribution in [-0.2, 0) is 17.9 Å². The fourth-order valence-electron chi connectivity index (χ4n) is 3.87. The Bertz CT molecular complexity index is 879. The number of hydrogen-bond acceptors (Lipinski definition) is 3. The second kappa shape index (κ2) is 11.4. The molecule has 1 unspecified atom stereocenters. The molecule has 0 saturated carbocycles. The number of likely N-dealkylation sites (tertiary alicyclic amines) is 1. The van der Waals surface area contributed by atoms with Crippen LogP contribution in [0.3, 0.4) is 0 Å². The maximum absolute atomic E-state index is 12.0. The van der Waals surface area contributed by atoms with Crippen LogP contribution in [0.5, 0.6) is 5.75 Å². The molecule has 1 aliphatic rings. The first-order chi connectivity index (χ1) is 15.1. The Hall–Kier alpha value is -3.02. The first kappa shape index (κ1) is 22.7. The van der Waals surface area contributed by atoms with Crippen LogP contribution in [0.15, 0.2) is 53.5 Å². The largest absolute Gasteiger partial charge is 0.497 e. The normalized spacial score (nSPS) is 15.1. The van der Waals surface area contributed by atoms with Crippen molar-refractivity contribution >= 4 is 11.9 Å². The van der Waals surface area contributed by atoms with E-state index in [9.17, 15) is 4.79 Å². The molecule has 2 N–H and O–H groups in total. The van der Waals surface area contributed by atoms with Gasteiger partial charge in [0, 0.05) is 39.6 Å². The fourth-order valence-corrected chi connectivity index (χ4v) is 3.87. The predicted octanol–water partition coefficient (Wildman–Crippen LogP) is 3.68. The van der Waals surface area contributed by atoms with Gasteiger partial charge >= 0.3 is 0 Å². The lowest BCUT2D eigenvalue weighted by molar-refractivity contribution is -0.128. The van der Waals surface area contributed by atoms with Gasteiger partial charge in [0.15, 0.2) is 5.96 Å². The van der Waals surface area contributed by atoms with Gasteiger partial charge in [0.05, 0.1) is 7.11 Å². The van der Waals surface area contributed by atoms with E-state index in [2.05, 4.69) is 46.8 Å². The van der Waals surface area contributed by atoms with Gasteiger partial charge in [-0.05, 0) is 47.6 Å². The first-order valence-corrected chi connectivity index (χ1v) is 11.0. The second-order valence-electron chi connectivity index (χ2n) is 8.00. The summed E-state index contributed by atoms with van der Waals surface area (Å²) in [6.45, 7) is 5.27. The van der Waals surface area contributed by atoms with E-state index >= 15 is 0 Å². The lowest BCUT2D eigenvalue weighted by Crippen LogP contribution is -2.38. The van der Waals surface area contributed by atoms with Gasteiger partial charge in [0.1, 0.15) is 5.75 Å². The summed E-state index contributed by atoms with van der Waals surface area (Å²) in [5.74, 6) is 2.36. The molecule has 1 atom stereocenters. The van der Waals surface area contributed by atoms with Crippen molar-refractivity contribution in [1.82, 2.24) is 15.5 Å². The summed E-state index contributed by atoms with van der Waals surface area (Å²) in [6, 6.07) is 16.6. The number of aliphatic imine (C=N–C) groups is 1. The summed E-state index contributed by atoms with van der Waals surface area (Å²) < 4.78 is 5.23. The summed E-state index contributed by atoms with van der Waals surface area (Å²) in [6.07, 6.45) is 2.64. The summed E-state index contributed by atoms with van der Waals surface area (Å²) in [5.41, 5.74) is 3.68. The molecule has 2 aromatic rings. The lowest BCUT2D eigenvalue weighted by Gasteiger charge is -2.19. The topological polar surface area (TPSA) is 66.0 Å². The number of carbonyl (C=O) groups excluding carboxylic acids is 1. The van der Waals surface area contributed by atoms with E-state index in [4.69, 9.17) is 4.74 Å². The Morgan fingerprint density at radius 3 is 2.52 bits per heavy atom. The minimum atomic E-state index is 0.256. The first-order valence-electron chi connectivity index (χ1n) is 11.0. The molecule has 1 fully saturated rings. The van der Waals surface area contributed by atoms with E-state index in [1.165, 1.54) is 16.7 Å². The zero-order chi connectivity index (χ0) is 22.1. The number of guanidine groups is 1. The van der Waals surface area contributed by atoms with E-state index in [-0.39, 0.29) is 5.91 Å². The molecule has 6 nitrogen and oxygen atoms in total. The third-order valence-electron chi connectivity index (χ3n) is 5.88. The van der Waals surface area contributed by atoms with Crippen LogP contribution in [0, 0.1) is 0 Å². The molecular formula is C25H34N4O2. The van der Waals surface area contributed by atoms with E-state index in [1.807, 2.05) is 29.2 Å². The van der Waals surface area contributed by atoms with Gasteiger partial charge in [-0.1, -0.05) is 43.3 Å². The number of benzene rings is 2. The molecule has 3 rings (SSSR count). The number of nitrogens with one attached hydrogen (secondary N) is 2. The Morgan fingerprint density at radius 1 is 1.13 bits per heavy atom. The molecule has 2 aromatic carbocycles. The summed E-state index contributed by atoms with van der Waals surface area (Å²) >= 11 is 0. The van der Waals surface area contributed by atoms with Crippen molar-refractivity contribution in [3.63, 3.8) is 0 Å². The molecule has 0 aromatic heterocycles. The highest BCUT2D eigenvalue weighted by atomic mass is 16.5. The van der Waals surface area contributed by atoms with Gasteiger partial charge < -0.3 is 20.3 Å². The van der Waals surface area contributed by atoms with Gasteiger partial charge in [-0.3, -0.25) is 9.79 Å².